The van der Waals surface area contributed by atoms with Gasteiger partial charge in [-0.05, 0) is 55.7 Å². The highest BCUT2D eigenvalue weighted by Gasteiger charge is 2.35. The molecule has 2 aliphatic heterocycles. The molecule has 0 N–H and O–H groups in total. The lowest BCUT2D eigenvalue weighted by Gasteiger charge is -2.18. The van der Waals surface area contributed by atoms with Gasteiger partial charge in [0.1, 0.15) is 21.3 Å². The van der Waals surface area contributed by atoms with Gasteiger partial charge in [-0.15, -0.1) is 0 Å². The Bertz CT molecular complexity index is 1350. The molecule has 4 heterocycles. The van der Waals surface area contributed by atoms with Gasteiger partial charge >= 0.3 is 0 Å². The number of amides is 1. The first-order chi connectivity index (χ1) is 16.0. The van der Waals surface area contributed by atoms with Crippen molar-refractivity contribution in [2.75, 3.05) is 13.2 Å². The molecule has 0 radical (unpaired) electrons. The molecule has 0 bridgehead atoms. The van der Waals surface area contributed by atoms with Crippen molar-refractivity contribution in [2.45, 2.75) is 25.9 Å². The van der Waals surface area contributed by atoms with E-state index in [1.807, 2.05) is 25.1 Å². The Kier molecular flexibility index (Phi) is 6.01. The molecule has 0 saturated carbocycles. The van der Waals surface area contributed by atoms with Gasteiger partial charge in [-0.3, -0.25) is 18.9 Å². The van der Waals surface area contributed by atoms with Gasteiger partial charge in [0, 0.05) is 12.8 Å². The van der Waals surface area contributed by atoms with Gasteiger partial charge in [0.25, 0.3) is 11.5 Å². The quantitative estimate of drug-likeness (QED) is 0.402. The van der Waals surface area contributed by atoms with Crippen LogP contribution in [0.5, 0.6) is 11.6 Å². The van der Waals surface area contributed by atoms with Crippen molar-refractivity contribution in [3.05, 3.63) is 75.0 Å². The summed E-state index contributed by atoms with van der Waals surface area (Å²) in [7, 11) is 0. The fraction of sp³-hybridized carbons (Fsp3) is 0.250. The topological polar surface area (TPSA) is 73.1 Å². The summed E-state index contributed by atoms with van der Waals surface area (Å²) in [5, 5.41) is 0. The van der Waals surface area contributed by atoms with E-state index < -0.39 is 0 Å². The summed E-state index contributed by atoms with van der Waals surface area (Å²) in [6, 6.07) is 12.8. The van der Waals surface area contributed by atoms with Crippen molar-refractivity contribution >= 4 is 45.9 Å². The van der Waals surface area contributed by atoms with Crippen LogP contribution < -0.4 is 10.3 Å². The number of hydrogen-bond donors (Lipinski definition) is 0. The van der Waals surface area contributed by atoms with Gasteiger partial charge in [0.15, 0.2) is 0 Å². The van der Waals surface area contributed by atoms with E-state index in [9.17, 15) is 9.59 Å². The molecule has 0 aliphatic carbocycles. The van der Waals surface area contributed by atoms with Crippen LogP contribution in [0.3, 0.4) is 0 Å². The number of fused-ring (bicyclic) bond motifs is 1. The largest absolute Gasteiger partial charge is 0.438 e. The maximum absolute atomic E-state index is 13.4. The van der Waals surface area contributed by atoms with Crippen LogP contribution >= 0.6 is 24.0 Å². The Labute approximate surface area is 200 Å². The number of carbonyl (C=O) groups is 1. The highest BCUT2D eigenvalue weighted by molar-refractivity contribution is 8.26. The molecule has 168 valence electrons. The molecule has 33 heavy (non-hydrogen) atoms. The summed E-state index contributed by atoms with van der Waals surface area (Å²) in [5.74, 6) is 0.462. The number of hydrogen-bond acceptors (Lipinski definition) is 7. The lowest BCUT2D eigenvalue weighted by Crippen LogP contribution is -2.35. The Balaban J connectivity index is 1.55. The van der Waals surface area contributed by atoms with E-state index in [4.69, 9.17) is 21.7 Å². The molecular weight excluding hydrogens is 458 g/mol. The molecule has 2 aliphatic rings. The van der Waals surface area contributed by atoms with Crippen LogP contribution in [0.15, 0.2) is 58.4 Å². The minimum Gasteiger partial charge on any atom is -0.438 e. The van der Waals surface area contributed by atoms with Crippen LogP contribution in [0, 0.1) is 6.92 Å². The van der Waals surface area contributed by atoms with E-state index in [0.717, 1.165) is 18.4 Å². The second kappa shape index (κ2) is 9.09. The number of aromatic nitrogens is 2. The first kappa shape index (κ1) is 21.8. The van der Waals surface area contributed by atoms with E-state index in [1.54, 1.807) is 35.4 Å². The molecule has 2 saturated heterocycles. The smallest absolute Gasteiger partial charge is 0.269 e. The molecule has 1 aromatic carbocycles. The van der Waals surface area contributed by atoms with Crippen LogP contribution in [0.4, 0.5) is 0 Å². The molecule has 3 aromatic rings. The van der Waals surface area contributed by atoms with Gasteiger partial charge < -0.3 is 9.47 Å². The lowest BCUT2D eigenvalue weighted by atomic mass is 10.2. The maximum atomic E-state index is 13.4. The van der Waals surface area contributed by atoms with Gasteiger partial charge in [0.05, 0.1) is 17.6 Å². The first-order valence-electron chi connectivity index (χ1n) is 10.6. The van der Waals surface area contributed by atoms with Crippen molar-refractivity contribution in [2.24, 2.45) is 0 Å². The molecule has 9 heteroatoms. The monoisotopic (exact) mass is 479 g/mol. The highest BCUT2D eigenvalue weighted by atomic mass is 32.2. The number of pyridine rings is 1. The average molecular weight is 480 g/mol. The van der Waals surface area contributed by atoms with E-state index in [2.05, 4.69) is 4.98 Å². The molecule has 1 amide bonds. The lowest BCUT2D eigenvalue weighted by molar-refractivity contribution is -0.123. The zero-order valence-corrected chi connectivity index (χ0v) is 19.5. The number of carbonyl (C=O) groups excluding carboxylic acids is 1. The zero-order chi connectivity index (χ0) is 22.9. The van der Waals surface area contributed by atoms with Crippen molar-refractivity contribution in [3.8, 4) is 11.6 Å². The summed E-state index contributed by atoms with van der Waals surface area (Å²) >= 11 is 6.62. The van der Waals surface area contributed by atoms with E-state index in [1.165, 1.54) is 22.2 Å². The summed E-state index contributed by atoms with van der Waals surface area (Å²) in [5.41, 5.74) is 1.33. The normalized spacial score (nSPS) is 19.7. The van der Waals surface area contributed by atoms with Crippen LogP contribution in [0.1, 0.15) is 24.0 Å². The molecule has 2 fully saturated rings. The van der Waals surface area contributed by atoms with E-state index in [-0.39, 0.29) is 29.0 Å². The summed E-state index contributed by atoms with van der Waals surface area (Å²) in [6.45, 7) is 3.08. The molecule has 1 atom stereocenters. The van der Waals surface area contributed by atoms with Crippen LogP contribution in [0.2, 0.25) is 0 Å². The molecular formula is C24H21N3O4S2. The van der Waals surface area contributed by atoms with Crippen LogP contribution in [-0.4, -0.2) is 43.8 Å². The van der Waals surface area contributed by atoms with Gasteiger partial charge in [0.2, 0.25) is 5.88 Å². The second-order valence-electron chi connectivity index (χ2n) is 7.91. The Morgan fingerprint density at radius 2 is 2.15 bits per heavy atom. The Morgan fingerprint density at radius 3 is 2.94 bits per heavy atom. The zero-order valence-electron chi connectivity index (χ0n) is 17.9. The fourth-order valence-corrected chi connectivity index (χ4v) is 5.11. The first-order valence-corrected chi connectivity index (χ1v) is 11.8. The molecule has 7 nitrogen and oxygen atoms in total. The summed E-state index contributed by atoms with van der Waals surface area (Å²) in [6.07, 6.45) is 5.05. The van der Waals surface area contributed by atoms with Crippen LogP contribution in [-0.2, 0) is 9.53 Å². The van der Waals surface area contributed by atoms with Gasteiger partial charge in [-0.1, -0.05) is 42.2 Å². The number of rotatable bonds is 5. The second-order valence-corrected chi connectivity index (χ2v) is 9.59. The number of thioether (sulfide) groups is 1. The number of aryl methyl sites for hydroxylation is 1. The Morgan fingerprint density at radius 1 is 1.27 bits per heavy atom. The highest BCUT2D eigenvalue weighted by Crippen LogP contribution is 2.35. The van der Waals surface area contributed by atoms with Crippen molar-refractivity contribution in [1.82, 2.24) is 14.3 Å². The molecule has 5 rings (SSSR count). The minimum atomic E-state index is -0.326. The third kappa shape index (κ3) is 4.44. The predicted octanol–water partition coefficient (Wildman–Crippen LogP) is 4.18. The van der Waals surface area contributed by atoms with Crippen molar-refractivity contribution in [3.63, 3.8) is 0 Å². The number of benzene rings is 1. The minimum absolute atomic E-state index is 0.0139. The summed E-state index contributed by atoms with van der Waals surface area (Å²) < 4.78 is 13.6. The molecule has 0 unspecified atom stereocenters. The van der Waals surface area contributed by atoms with Crippen LogP contribution in [0.25, 0.3) is 11.7 Å². The van der Waals surface area contributed by atoms with Gasteiger partial charge in [-0.25, -0.2) is 0 Å². The maximum Gasteiger partial charge on any atom is 0.269 e. The number of nitrogens with zero attached hydrogens (tertiary/aromatic N) is 3. The SMILES string of the molecule is Cc1cccc(Oc2nc3ccccn3c(=O)c2/C=C2\SC(=S)N(C[C@@H]3CCCO3)C2=O)c1. The Hall–Kier alpha value is -3.01. The standard InChI is InChI=1S/C24H21N3O4S2/c1-15-6-4-7-16(12-15)31-21-18(22(28)26-10-3-2-9-20(26)25-21)13-19-23(29)27(24(32)33-19)14-17-8-5-11-30-17/h2-4,6-7,9-10,12-13,17H,5,8,11,14H2,1H3/b19-13-/t17-/m0/s1. The molecule has 2 aromatic heterocycles. The van der Waals surface area contributed by atoms with Crippen molar-refractivity contribution < 1.29 is 14.3 Å². The fourth-order valence-electron chi connectivity index (χ4n) is 3.85. The summed E-state index contributed by atoms with van der Waals surface area (Å²) in [4.78, 5) is 32.9. The molecule has 0 spiro atoms. The van der Waals surface area contributed by atoms with E-state index >= 15 is 0 Å². The third-order valence-electron chi connectivity index (χ3n) is 5.50. The predicted molar refractivity (Wildman–Crippen MR) is 132 cm³/mol. The third-order valence-corrected chi connectivity index (χ3v) is 6.88. The van der Waals surface area contributed by atoms with Crippen molar-refractivity contribution in [1.29, 1.82) is 0 Å². The number of ether oxygens (including phenoxy) is 2. The number of thiocarbonyl (C=S) groups is 1. The average Bonchev–Trinajstić information content (AvgIpc) is 3.40. The van der Waals surface area contributed by atoms with E-state index in [0.29, 0.717) is 33.8 Å². The van der Waals surface area contributed by atoms with Gasteiger partial charge in [-0.2, -0.15) is 4.98 Å².